The number of carbonyl (C=O) groups excluding carboxylic acids is 3. The van der Waals surface area contributed by atoms with Crippen LogP contribution in [0.15, 0.2) is 91.0 Å². The number of carbonyl (C=O) groups is 3. The molecule has 0 spiro atoms. The van der Waals surface area contributed by atoms with Crippen LogP contribution in [0.2, 0.25) is 0 Å². The molecule has 5 N–H and O–H groups in total. The first-order valence-electron chi connectivity index (χ1n) is 17.7. The number of nitrogens with two attached hydrogens (primary N) is 1. The summed E-state index contributed by atoms with van der Waals surface area (Å²) in [5, 5.41) is 10.9. The van der Waals surface area contributed by atoms with Crippen LogP contribution in [0.5, 0.6) is 0 Å². The summed E-state index contributed by atoms with van der Waals surface area (Å²) >= 11 is 0. The predicted molar refractivity (Wildman–Crippen MR) is 198 cm³/mol. The van der Waals surface area contributed by atoms with Crippen LogP contribution in [0.25, 0.3) is 10.8 Å². The van der Waals surface area contributed by atoms with E-state index in [1.807, 2.05) is 72.8 Å². The molecule has 256 valence electrons. The van der Waals surface area contributed by atoms with E-state index in [0.29, 0.717) is 23.8 Å². The summed E-state index contributed by atoms with van der Waals surface area (Å²) < 4.78 is 0. The topological polar surface area (TPSA) is 120 Å². The smallest absolute Gasteiger partial charge is 0.319 e. The third-order valence-electron chi connectivity index (χ3n) is 9.89. The van der Waals surface area contributed by atoms with Gasteiger partial charge in [-0.1, -0.05) is 92.1 Å². The van der Waals surface area contributed by atoms with E-state index in [9.17, 15) is 14.4 Å². The van der Waals surface area contributed by atoms with E-state index in [2.05, 4.69) is 37.9 Å². The molecule has 9 heteroatoms. The number of piperazine rings is 1. The molecule has 4 amide bonds. The molecule has 0 bridgehead atoms. The van der Waals surface area contributed by atoms with Crippen molar-refractivity contribution in [2.45, 2.75) is 69.9 Å². The van der Waals surface area contributed by atoms with Gasteiger partial charge < -0.3 is 26.6 Å². The Bertz CT molecular complexity index is 1730. The molecule has 9 nitrogen and oxygen atoms in total. The zero-order chi connectivity index (χ0) is 34.0. The van der Waals surface area contributed by atoms with Crippen molar-refractivity contribution in [3.8, 4) is 0 Å². The molecule has 4 aromatic carbocycles. The van der Waals surface area contributed by atoms with Gasteiger partial charge in [-0.15, -0.1) is 0 Å². The second-order valence-corrected chi connectivity index (χ2v) is 13.4. The van der Waals surface area contributed by atoms with Crippen LogP contribution in [0, 0.1) is 0 Å². The molecule has 1 aliphatic carbocycles. The maximum absolute atomic E-state index is 13.2. The number of nitrogens with one attached hydrogen (secondary N) is 3. The molecular formula is C40H48N6O3. The van der Waals surface area contributed by atoms with Gasteiger partial charge in [-0.2, -0.15) is 0 Å². The summed E-state index contributed by atoms with van der Waals surface area (Å²) in [5.74, 6) is -0.682. The summed E-state index contributed by atoms with van der Waals surface area (Å²) in [5.41, 5.74) is 9.93. The summed E-state index contributed by atoms with van der Waals surface area (Å²) in [6.07, 6.45) is 8.76. The van der Waals surface area contributed by atoms with E-state index < -0.39 is 18.0 Å². The van der Waals surface area contributed by atoms with Crippen molar-refractivity contribution in [2.24, 2.45) is 5.73 Å². The first-order chi connectivity index (χ1) is 23.9. The lowest BCUT2D eigenvalue weighted by molar-refractivity contribution is -0.119. The maximum Gasteiger partial charge on any atom is 0.319 e. The van der Waals surface area contributed by atoms with Gasteiger partial charge in [-0.3, -0.25) is 14.5 Å². The first kappa shape index (κ1) is 34.0. The fourth-order valence-corrected chi connectivity index (χ4v) is 7.22. The van der Waals surface area contributed by atoms with Gasteiger partial charge in [0.05, 0.1) is 11.4 Å². The molecule has 1 heterocycles. The zero-order valence-corrected chi connectivity index (χ0v) is 28.2. The van der Waals surface area contributed by atoms with Gasteiger partial charge in [0.15, 0.2) is 0 Å². The number of nitrogens with zero attached hydrogens (tertiary/aromatic N) is 2. The molecule has 49 heavy (non-hydrogen) atoms. The highest BCUT2D eigenvalue weighted by Crippen LogP contribution is 2.32. The number of fused-ring (bicyclic) bond motifs is 1. The van der Waals surface area contributed by atoms with Gasteiger partial charge in [0, 0.05) is 50.7 Å². The van der Waals surface area contributed by atoms with Gasteiger partial charge in [0.25, 0.3) is 0 Å². The lowest BCUT2D eigenvalue weighted by Gasteiger charge is -2.42. The Labute approximate surface area is 289 Å². The zero-order valence-electron chi connectivity index (χ0n) is 28.2. The number of anilines is 3. The second-order valence-electron chi connectivity index (χ2n) is 13.4. The fourth-order valence-electron chi connectivity index (χ4n) is 7.22. The molecule has 1 atom stereocenters. The third kappa shape index (κ3) is 9.38. The standard InChI is InChI=1S/C40H48N6O3/c41-39(48)36(27-30-18-19-31-13-7-8-14-32(31)26-30)44-40(49)42-33-20-21-37(46-24-22-45(23-25-46)34-15-5-2-6-16-34)35(28-33)43-38(47)17-9-12-29-10-3-1-4-11-29/h1,3-4,7-8,10-11,13-14,18-21,26,28,34,36H,2,5-6,9,12,15-17,22-25,27H2,(H2,41,48)(H,43,47)(H2,42,44,49). The number of rotatable bonds is 12. The van der Waals surface area contributed by atoms with Gasteiger partial charge in [0.1, 0.15) is 6.04 Å². The fraction of sp³-hybridized carbons (Fsp3) is 0.375. The van der Waals surface area contributed by atoms with Crippen LogP contribution in [0.3, 0.4) is 0 Å². The minimum Gasteiger partial charge on any atom is -0.368 e. The highest BCUT2D eigenvalue weighted by molar-refractivity contribution is 5.98. The lowest BCUT2D eigenvalue weighted by atomic mass is 9.94. The molecule has 1 unspecified atom stereocenters. The number of primary amides is 1. The van der Waals surface area contributed by atoms with Crippen molar-refractivity contribution in [3.05, 3.63) is 102 Å². The Morgan fingerprint density at radius 2 is 1.49 bits per heavy atom. The number of hydrogen-bond acceptors (Lipinski definition) is 5. The van der Waals surface area contributed by atoms with E-state index in [1.54, 1.807) is 6.07 Å². The third-order valence-corrected chi connectivity index (χ3v) is 9.89. The Kier molecular flexibility index (Phi) is 11.4. The Morgan fingerprint density at radius 3 is 2.24 bits per heavy atom. The van der Waals surface area contributed by atoms with Crippen molar-refractivity contribution >= 4 is 45.7 Å². The number of amides is 4. The molecule has 1 aliphatic heterocycles. The van der Waals surface area contributed by atoms with Crippen LogP contribution >= 0.6 is 0 Å². The van der Waals surface area contributed by atoms with Gasteiger partial charge in [-0.25, -0.2) is 4.79 Å². The number of aryl methyl sites for hydroxylation is 1. The first-order valence-corrected chi connectivity index (χ1v) is 17.7. The Morgan fingerprint density at radius 1 is 0.755 bits per heavy atom. The van der Waals surface area contributed by atoms with Crippen LogP contribution in [-0.2, 0) is 22.4 Å². The van der Waals surface area contributed by atoms with Crippen LogP contribution in [0.4, 0.5) is 21.9 Å². The van der Waals surface area contributed by atoms with E-state index >= 15 is 0 Å². The summed E-state index contributed by atoms with van der Waals surface area (Å²) in [6, 6.07) is 29.0. The van der Waals surface area contributed by atoms with E-state index in [-0.39, 0.29) is 12.3 Å². The van der Waals surface area contributed by atoms with Crippen molar-refractivity contribution < 1.29 is 14.4 Å². The normalized spacial score (nSPS) is 16.2. The summed E-state index contributed by atoms with van der Waals surface area (Å²) in [7, 11) is 0. The SMILES string of the molecule is NC(=O)C(Cc1ccc2ccccc2c1)NC(=O)Nc1ccc(N2CCN(C3CCCCC3)CC2)c(NC(=O)CCCc2ccccc2)c1. The summed E-state index contributed by atoms with van der Waals surface area (Å²) in [4.78, 5) is 43.7. The van der Waals surface area contributed by atoms with E-state index in [0.717, 1.165) is 61.0 Å². The molecule has 4 aromatic rings. The molecule has 6 rings (SSSR count). The Hall–Kier alpha value is -4.89. The summed E-state index contributed by atoms with van der Waals surface area (Å²) in [6.45, 7) is 3.72. The minimum atomic E-state index is -0.898. The van der Waals surface area contributed by atoms with E-state index in [4.69, 9.17) is 5.73 Å². The largest absolute Gasteiger partial charge is 0.368 e. The maximum atomic E-state index is 13.2. The number of benzene rings is 4. The van der Waals surface area contributed by atoms with Crippen molar-refractivity contribution in [1.29, 1.82) is 0 Å². The second kappa shape index (κ2) is 16.5. The van der Waals surface area contributed by atoms with Crippen LogP contribution in [-0.4, -0.2) is 61.0 Å². The van der Waals surface area contributed by atoms with Gasteiger partial charge >= 0.3 is 6.03 Å². The average molecular weight is 661 g/mol. The Balaban J connectivity index is 1.12. The average Bonchev–Trinajstić information content (AvgIpc) is 3.12. The number of hydrogen-bond donors (Lipinski definition) is 4. The molecule has 1 saturated heterocycles. The van der Waals surface area contributed by atoms with Crippen molar-refractivity contribution in [1.82, 2.24) is 10.2 Å². The highest BCUT2D eigenvalue weighted by atomic mass is 16.2. The molecule has 2 fully saturated rings. The predicted octanol–water partition coefficient (Wildman–Crippen LogP) is 6.47. The van der Waals surface area contributed by atoms with Gasteiger partial charge in [0.2, 0.25) is 11.8 Å². The highest BCUT2D eigenvalue weighted by Gasteiger charge is 2.27. The van der Waals surface area contributed by atoms with Crippen LogP contribution in [0.1, 0.15) is 56.1 Å². The quantitative estimate of drug-likeness (QED) is 0.139. The van der Waals surface area contributed by atoms with Gasteiger partial charge in [-0.05, 0) is 65.8 Å². The molecule has 1 saturated carbocycles. The lowest BCUT2D eigenvalue weighted by Crippen LogP contribution is -2.51. The molecule has 0 radical (unpaired) electrons. The van der Waals surface area contributed by atoms with E-state index in [1.165, 1.54) is 37.7 Å². The van der Waals surface area contributed by atoms with Crippen LogP contribution < -0.4 is 26.6 Å². The molecule has 2 aliphatic rings. The molecular weight excluding hydrogens is 612 g/mol. The monoisotopic (exact) mass is 660 g/mol. The molecule has 0 aromatic heterocycles. The van der Waals surface area contributed by atoms with Crippen molar-refractivity contribution in [3.63, 3.8) is 0 Å². The minimum absolute atomic E-state index is 0.0659. The van der Waals surface area contributed by atoms with Crippen molar-refractivity contribution in [2.75, 3.05) is 41.7 Å². The number of urea groups is 1.